The molecule has 3 amide bonds. The lowest BCUT2D eigenvalue weighted by Crippen LogP contribution is -2.56. The van der Waals surface area contributed by atoms with Crippen LogP contribution in [0.4, 0.5) is 5.82 Å². The number of carbonyl (C=O) groups excluding carboxylic acids is 3. The molecule has 3 aromatic rings. The van der Waals surface area contributed by atoms with Gasteiger partial charge in [-0.3, -0.25) is 14.4 Å². The number of thiazole rings is 1. The molecule has 2 aliphatic rings. The number of nitrogens with one attached hydrogen (secondary N) is 3. The van der Waals surface area contributed by atoms with Gasteiger partial charge in [0.2, 0.25) is 0 Å². The highest BCUT2D eigenvalue weighted by Gasteiger charge is 2.36. The van der Waals surface area contributed by atoms with Gasteiger partial charge in [0.15, 0.2) is 10.9 Å². The average molecular weight is 544 g/mol. The van der Waals surface area contributed by atoms with Gasteiger partial charge in [-0.1, -0.05) is 11.6 Å². The number of likely N-dealkylation sites (N-methyl/N-ethyl adjacent to an activating group) is 1. The molecule has 11 nitrogen and oxygen atoms in total. The van der Waals surface area contributed by atoms with Crippen LogP contribution in [-0.2, 0) is 22.6 Å². The first-order valence-corrected chi connectivity index (χ1v) is 13.2. The van der Waals surface area contributed by atoms with Crippen molar-refractivity contribution in [3.8, 4) is 0 Å². The largest absolute Gasteiger partial charge is 0.449 e. The van der Waals surface area contributed by atoms with Gasteiger partial charge in [0.1, 0.15) is 12.1 Å². The smallest absolute Gasteiger partial charge is 0.314 e. The van der Waals surface area contributed by atoms with E-state index >= 15 is 0 Å². The fraction of sp³-hybridized carbons (Fsp3) is 0.417. The van der Waals surface area contributed by atoms with Crippen LogP contribution in [0.3, 0.4) is 0 Å². The molecule has 1 aliphatic heterocycles. The highest BCUT2D eigenvalue weighted by atomic mass is 35.5. The van der Waals surface area contributed by atoms with E-state index in [0.29, 0.717) is 35.2 Å². The number of nitrogens with zero attached hydrogens (tertiary/aromatic N) is 4. The normalized spacial score (nSPS) is 21.6. The zero-order chi connectivity index (χ0) is 25.9. The fourth-order valence-electron chi connectivity index (χ4n) is 4.67. The summed E-state index contributed by atoms with van der Waals surface area (Å²) in [6.07, 6.45) is 6.98. The predicted octanol–water partition coefficient (Wildman–Crippen LogP) is 2.36. The molecule has 1 saturated carbocycles. The number of amides is 3. The molecular weight excluding hydrogens is 518 g/mol. The Morgan fingerprint density at radius 3 is 2.76 bits per heavy atom. The first-order chi connectivity index (χ1) is 17.9. The Hall–Kier alpha value is -3.35. The molecule has 1 aliphatic carbocycles. The van der Waals surface area contributed by atoms with E-state index in [1.165, 1.54) is 29.9 Å². The molecule has 3 aromatic heterocycles. The molecule has 0 aromatic carbocycles. The lowest BCUT2D eigenvalue weighted by molar-refractivity contribution is -0.136. The zero-order valence-electron chi connectivity index (χ0n) is 20.1. The van der Waals surface area contributed by atoms with Crippen molar-refractivity contribution in [1.82, 2.24) is 30.5 Å². The number of anilines is 1. The Bertz CT molecular complexity index is 1280. The van der Waals surface area contributed by atoms with E-state index in [2.05, 4.69) is 35.8 Å². The Kier molecular flexibility index (Phi) is 7.49. The average Bonchev–Trinajstić information content (AvgIpc) is 3.56. The molecular formula is C24H26ClN7O4S. The van der Waals surface area contributed by atoms with Crippen LogP contribution in [0, 0.1) is 0 Å². The third-order valence-corrected chi connectivity index (χ3v) is 7.88. The maximum Gasteiger partial charge on any atom is 0.314 e. The Morgan fingerprint density at radius 2 is 2.00 bits per heavy atom. The van der Waals surface area contributed by atoms with Crippen molar-refractivity contribution in [2.45, 2.75) is 50.2 Å². The summed E-state index contributed by atoms with van der Waals surface area (Å²) in [5, 5.41) is 9.10. The number of hydrogen-bond acceptors (Lipinski definition) is 9. The number of oxazole rings is 1. The number of pyridine rings is 1. The third kappa shape index (κ3) is 5.97. The summed E-state index contributed by atoms with van der Waals surface area (Å²) in [6.45, 7) is 1.67. The first kappa shape index (κ1) is 25.3. The van der Waals surface area contributed by atoms with E-state index in [1.54, 1.807) is 12.3 Å². The number of fused-ring (bicyclic) bond motifs is 1. The lowest BCUT2D eigenvalue weighted by atomic mass is 9.82. The van der Waals surface area contributed by atoms with Crippen molar-refractivity contribution < 1.29 is 18.8 Å². The van der Waals surface area contributed by atoms with Crippen LogP contribution in [0.5, 0.6) is 0 Å². The van der Waals surface area contributed by atoms with Crippen molar-refractivity contribution in [3.63, 3.8) is 0 Å². The minimum absolute atomic E-state index is 0.0290. The van der Waals surface area contributed by atoms with Crippen LogP contribution in [0.2, 0.25) is 5.02 Å². The quantitative estimate of drug-likeness (QED) is 0.416. The number of aromatic nitrogens is 3. The van der Waals surface area contributed by atoms with Crippen LogP contribution < -0.4 is 16.0 Å². The second-order valence-corrected chi connectivity index (χ2v) is 10.8. The summed E-state index contributed by atoms with van der Waals surface area (Å²) in [5.41, 5.74) is 0.965. The van der Waals surface area contributed by atoms with Crippen molar-refractivity contribution in [2.75, 3.05) is 18.9 Å². The molecule has 0 saturated heterocycles. The summed E-state index contributed by atoms with van der Waals surface area (Å²) < 4.78 is 5.50. The summed E-state index contributed by atoms with van der Waals surface area (Å²) >= 11 is 7.21. The number of carbonyl (C=O) groups is 3. The van der Waals surface area contributed by atoms with Crippen LogP contribution in [0.1, 0.15) is 51.4 Å². The Morgan fingerprint density at radius 1 is 1.14 bits per heavy atom. The minimum atomic E-state index is -0.855. The second kappa shape index (κ2) is 11.0. The summed E-state index contributed by atoms with van der Waals surface area (Å²) in [7, 11) is 2.04. The third-order valence-electron chi connectivity index (χ3n) is 6.58. The first-order valence-electron chi connectivity index (χ1n) is 12.0. The summed E-state index contributed by atoms with van der Waals surface area (Å²) in [4.78, 5) is 54.5. The Labute approximate surface area is 222 Å². The van der Waals surface area contributed by atoms with E-state index in [-0.39, 0.29) is 17.6 Å². The van der Waals surface area contributed by atoms with Gasteiger partial charge in [-0.05, 0) is 38.4 Å². The van der Waals surface area contributed by atoms with Crippen molar-refractivity contribution >= 4 is 46.5 Å². The monoisotopic (exact) mass is 543 g/mol. The molecule has 1 fully saturated rings. The van der Waals surface area contributed by atoms with Crippen LogP contribution in [0.25, 0.3) is 0 Å². The highest BCUT2D eigenvalue weighted by Crippen LogP contribution is 2.33. The standard InChI is InChI=1S/C24H26ClN7O4S/c1-32-8-6-16-18(12-32)37-24(30-16)22(35)29-17-10-13(23-26-7-9-36-23)2-4-15(17)28-20(33)21(34)31-19-5-3-14(25)11-27-19/h3,5,7,9,11,13,15,17H,2,4,6,8,10,12H2,1H3,(H,28,33)(H,29,35)(H,27,31,34)/t13-,15-,17-/m0/s1. The highest BCUT2D eigenvalue weighted by molar-refractivity contribution is 7.13. The zero-order valence-corrected chi connectivity index (χ0v) is 21.6. The minimum Gasteiger partial charge on any atom is -0.449 e. The molecule has 4 heterocycles. The van der Waals surface area contributed by atoms with Gasteiger partial charge >= 0.3 is 11.8 Å². The molecule has 0 spiro atoms. The summed E-state index contributed by atoms with van der Waals surface area (Å²) in [6, 6.07) is 2.15. The van der Waals surface area contributed by atoms with Crippen molar-refractivity contribution in [2.24, 2.45) is 0 Å². The van der Waals surface area contributed by atoms with Crippen LogP contribution in [-0.4, -0.2) is 63.2 Å². The van der Waals surface area contributed by atoms with Gasteiger partial charge in [0.05, 0.1) is 23.0 Å². The van der Waals surface area contributed by atoms with Gasteiger partial charge < -0.3 is 25.3 Å². The van der Waals surface area contributed by atoms with E-state index in [4.69, 9.17) is 16.0 Å². The van der Waals surface area contributed by atoms with E-state index in [9.17, 15) is 14.4 Å². The molecule has 3 atom stereocenters. The number of hydrogen-bond donors (Lipinski definition) is 3. The van der Waals surface area contributed by atoms with Gasteiger partial charge in [-0.15, -0.1) is 11.3 Å². The number of rotatable bonds is 5. The lowest BCUT2D eigenvalue weighted by Gasteiger charge is -2.35. The van der Waals surface area contributed by atoms with E-state index in [1.807, 2.05) is 7.05 Å². The van der Waals surface area contributed by atoms with Gasteiger partial charge in [0, 0.05) is 42.5 Å². The SMILES string of the molecule is CN1CCc2nc(C(=O)N[C@H]3C[C@@H](c4ncco4)CC[C@@H]3NC(=O)C(=O)Nc3ccc(Cl)cn3)sc2C1. The van der Waals surface area contributed by atoms with Crippen LogP contribution in [0.15, 0.2) is 35.2 Å². The summed E-state index contributed by atoms with van der Waals surface area (Å²) in [5.74, 6) is -1.20. The maximum atomic E-state index is 13.2. The Balaban J connectivity index is 1.28. The molecule has 3 N–H and O–H groups in total. The van der Waals surface area contributed by atoms with E-state index in [0.717, 1.165) is 30.1 Å². The van der Waals surface area contributed by atoms with Crippen molar-refractivity contribution in [1.29, 1.82) is 0 Å². The molecule has 194 valence electrons. The van der Waals surface area contributed by atoms with Gasteiger partial charge in [-0.2, -0.15) is 0 Å². The fourth-order valence-corrected chi connectivity index (χ4v) is 5.87. The molecule has 0 bridgehead atoms. The molecule has 5 rings (SSSR count). The molecule has 37 heavy (non-hydrogen) atoms. The van der Waals surface area contributed by atoms with Crippen LogP contribution >= 0.6 is 22.9 Å². The second-order valence-electron chi connectivity index (χ2n) is 9.23. The topological polar surface area (TPSA) is 142 Å². The maximum absolute atomic E-state index is 13.2. The van der Waals surface area contributed by atoms with Gasteiger partial charge in [0.25, 0.3) is 5.91 Å². The predicted molar refractivity (Wildman–Crippen MR) is 136 cm³/mol. The molecule has 0 unspecified atom stereocenters. The van der Waals surface area contributed by atoms with E-state index < -0.39 is 23.9 Å². The molecule has 0 radical (unpaired) electrons. The number of halogens is 1. The van der Waals surface area contributed by atoms with Gasteiger partial charge in [-0.25, -0.2) is 15.0 Å². The van der Waals surface area contributed by atoms with Crippen molar-refractivity contribution in [3.05, 3.63) is 57.3 Å². The molecule has 13 heteroatoms.